The molecule has 11 heteroatoms. The van der Waals surface area contributed by atoms with Gasteiger partial charge in [0.25, 0.3) is 0 Å². The highest BCUT2D eigenvalue weighted by Crippen LogP contribution is 2.08. The zero-order valence-electron chi connectivity index (χ0n) is 18.2. The van der Waals surface area contributed by atoms with Gasteiger partial charge < -0.3 is 31.9 Å². The zero-order chi connectivity index (χ0) is 24.4. The highest BCUT2D eigenvalue weighted by Gasteiger charge is 2.31. The van der Waals surface area contributed by atoms with Crippen LogP contribution in [0, 0.1) is 5.92 Å². The van der Waals surface area contributed by atoms with Crippen LogP contribution in [-0.4, -0.2) is 64.0 Å². The normalized spacial score (nSPS) is 14.5. The smallest absolute Gasteiger partial charge is 0.325 e. The maximum absolute atomic E-state index is 12.9. The molecule has 0 bridgehead atoms. The number of amides is 3. The molecule has 0 heterocycles. The maximum Gasteiger partial charge on any atom is 0.325 e. The van der Waals surface area contributed by atoms with Gasteiger partial charge >= 0.3 is 11.9 Å². The minimum Gasteiger partial charge on any atom is -0.481 e. The summed E-state index contributed by atoms with van der Waals surface area (Å²) in [5, 5.41) is 25.2. The number of aliphatic carboxylic acids is 2. The monoisotopic (exact) mass is 450 g/mol. The average Bonchev–Trinajstić information content (AvgIpc) is 2.70. The van der Waals surface area contributed by atoms with Crippen molar-refractivity contribution in [1.82, 2.24) is 16.0 Å². The van der Waals surface area contributed by atoms with Gasteiger partial charge in [-0.25, -0.2) is 0 Å². The van der Waals surface area contributed by atoms with Crippen LogP contribution >= 0.6 is 0 Å². The van der Waals surface area contributed by atoms with Crippen molar-refractivity contribution in [1.29, 1.82) is 0 Å². The molecular weight excluding hydrogens is 420 g/mol. The van der Waals surface area contributed by atoms with Crippen LogP contribution in [0.4, 0.5) is 0 Å². The lowest BCUT2D eigenvalue weighted by molar-refractivity contribution is -0.141. The summed E-state index contributed by atoms with van der Waals surface area (Å²) in [4.78, 5) is 59.7. The SMILES string of the molecule is CC(NC(=O)C(Cc1ccccc1)NC(=O)C(NC(=O)C(N)CC(=O)O)C(C)C)C(=O)O. The molecule has 0 fully saturated rings. The number of nitrogens with one attached hydrogen (secondary N) is 3. The largest absolute Gasteiger partial charge is 0.481 e. The van der Waals surface area contributed by atoms with Gasteiger partial charge in [-0.2, -0.15) is 0 Å². The highest BCUT2D eigenvalue weighted by atomic mass is 16.4. The fraction of sp³-hybridized carbons (Fsp3) is 0.476. The number of hydrogen-bond acceptors (Lipinski definition) is 6. The van der Waals surface area contributed by atoms with Gasteiger partial charge in [0.15, 0.2) is 0 Å². The van der Waals surface area contributed by atoms with Crippen molar-refractivity contribution < 1.29 is 34.2 Å². The first-order chi connectivity index (χ1) is 14.9. The molecule has 0 aliphatic carbocycles. The second kappa shape index (κ2) is 12.4. The number of carbonyl (C=O) groups is 5. The Balaban J connectivity index is 3.01. The summed E-state index contributed by atoms with van der Waals surface area (Å²) in [6.45, 7) is 4.61. The van der Waals surface area contributed by atoms with E-state index in [-0.39, 0.29) is 6.42 Å². The molecule has 0 saturated carbocycles. The average molecular weight is 450 g/mol. The summed E-state index contributed by atoms with van der Waals surface area (Å²) in [5.41, 5.74) is 6.28. The Morgan fingerprint density at radius 1 is 0.875 bits per heavy atom. The van der Waals surface area contributed by atoms with Gasteiger partial charge in [-0.15, -0.1) is 0 Å². The van der Waals surface area contributed by atoms with Crippen molar-refractivity contribution in [2.45, 2.75) is 57.8 Å². The Kier molecular flexibility index (Phi) is 10.3. The molecule has 11 nitrogen and oxygen atoms in total. The van der Waals surface area contributed by atoms with E-state index in [2.05, 4.69) is 16.0 Å². The molecule has 0 aliphatic heterocycles. The first-order valence-corrected chi connectivity index (χ1v) is 10.1. The molecule has 0 spiro atoms. The third kappa shape index (κ3) is 8.72. The highest BCUT2D eigenvalue weighted by molar-refractivity contribution is 5.94. The summed E-state index contributed by atoms with van der Waals surface area (Å²) < 4.78 is 0. The minimum absolute atomic E-state index is 0.0854. The predicted octanol–water partition coefficient (Wildman–Crippen LogP) is -0.754. The third-order valence-electron chi connectivity index (χ3n) is 4.62. The van der Waals surface area contributed by atoms with Crippen LogP contribution in [0.1, 0.15) is 32.8 Å². The van der Waals surface area contributed by atoms with Gasteiger partial charge in [0, 0.05) is 6.42 Å². The van der Waals surface area contributed by atoms with Gasteiger partial charge in [-0.3, -0.25) is 24.0 Å². The Hall–Kier alpha value is -3.47. The van der Waals surface area contributed by atoms with Crippen LogP contribution in [0.5, 0.6) is 0 Å². The summed E-state index contributed by atoms with van der Waals surface area (Å²) >= 11 is 0. The van der Waals surface area contributed by atoms with Crippen LogP contribution in [-0.2, 0) is 30.4 Å². The van der Waals surface area contributed by atoms with Crippen LogP contribution in [0.15, 0.2) is 30.3 Å². The summed E-state index contributed by atoms with van der Waals surface area (Å²) in [5.74, 6) is -5.10. The van der Waals surface area contributed by atoms with Gasteiger partial charge in [-0.1, -0.05) is 44.2 Å². The summed E-state index contributed by atoms with van der Waals surface area (Å²) in [6.07, 6.45) is -0.521. The molecule has 7 N–H and O–H groups in total. The molecule has 176 valence electrons. The Morgan fingerprint density at radius 3 is 1.97 bits per heavy atom. The van der Waals surface area contributed by atoms with E-state index >= 15 is 0 Å². The standard InChI is InChI=1S/C21H30N4O7/c1-11(2)17(25-18(28)14(22)10-16(26)27)20(30)24-15(9-13-7-5-4-6-8-13)19(29)23-12(3)21(31)32/h4-8,11-12,14-15,17H,9-10,22H2,1-3H3,(H,23,29)(H,24,30)(H,25,28)(H,26,27)(H,31,32). The molecule has 1 rings (SSSR count). The molecule has 1 aromatic carbocycles. The van der Waals surface area contributed by atoms with Crippen LogP contribution in [0.3, 0.4) is 0 Å². The molecule has 3 amide bonds. The molecule has 0 radical (unpaired) electrons. The van der Waals surface area contributed by atoms with Crippen LogP contribution in [0.2, 0.25) is 0 Å². The maximum atomic E-state index is 12.9. The molecule has 0 aliphatic rings. The Bertz CT molecular complexity index is 829. The number of carboxylic acid groups (broad SMARTS) is 2. The van der Waals surface area contributed by atoms with E-state index in [4.69, 9.17) is 15.9 Å². The van der Waals surface area contributed by atoms with Crippen molar-refractivity contribution in [3.05, 3.63) is 35.9 Å². The quantitative estimate of drug-likeness (QED) is 0.240. The Labute approximate surface area is 185 Å². The molecule has 4 unspecified atom stereocenters. The van der Waals surface area contributed by atoms with E-state index in [1.165, 1.54) is 6.92 Å². The molecule has 32 heavy (non-hydrogen) atoms. The van der Waals surface area contributed by atoms with E-state index in [1.807, 2.05) is 0 Å². The van der Waals surface area contributed by atoms with Crippen molar-refractivity contribution in [2.24, 2.45) is 11.7 Å². The molecule has 0 aromatic heterocycles. The number of carbonyl (C=O) groups excluding carboxylic acids is 3. The molecule has 1 aromatic rings. The number of carboxylic acids is 2. The fourth-order valence-corrected chi connectivity index (χ4v) is 2.77. The second-order valence-corrected chi connectivity index (χ2v) is 7.75. The predicted molar refractivity (Wildman–Crippen MR) is 114 cm³/mol. The van der Waals surface area contributed by atoms with Crippen molar-refractivity contribution in [3.8, 4) is 0 Å². The topological polar surface area (TPSA) is 188 Å². The fourth-order valence-electron chi connectivity index (χ4n) is 2.77. The lowest BCUT2D eigenvalue weighted by Crippen LogP contribution is -2.58. The third-order valence-corrected chi connectivity index (χ3v) is 4.62. The van der Waals surface area contributed by atoms with Crippen LogP contribution in [0.25, 0.3) is 0 Å². The van der Waals surface area contributed by atoms with E-state index in [1.54, 1.807) is 44.2 Å². The molecule has 4 atom stereocenters. The lowest BCUT2D eigenvalue weighted by atomic mass is 10.00. The van der Waals surface area contributed by atoms with Crippen molar-refractivity contribution in [2.75, 3.05) is 0 Å². The number of rotatable bonds is 12. The minimum atomic E-state index is -1.35. The van der Waals surface area contributed by atoms with E-state index in [0.717, 1.165) is 5.56 Å². The van der Waals surface area contributed by atoms with Gasteiger partial charge in [0.05, 0.1) is 12.5 Å². The van der Waals surface area contributed by atoms with E-state index < -0.39 is 66.2 Å². The number of nitrogens with two attached hydrogens (primary N) is 1. The summed E-state index contributed by atoms with van der Waals surface area (Å²) in [7, 11) is 0. The van der Waals surface area contributed by atoms with Gasteiger partial charge in [0.2, 0.25) is 17.7 Å². The lowest BCUT2D eigenvalue weighted by Gasteiger charge is -2.26. The van der Waals surface area contributed by atoms with Crippen molar-refractivity contribution >= 4 is 29.7 Å². The number of hydrogen-bond donors (Lipinski definition) is 6. The number of benzene rings is 1. The first kappa shape index (κ1) is 26.6. The first-order valence-electron chi connectivity index (χ1n) is 10.1. The van der Waals surface area contributed by atoms with Gasteiger partial charge in [0.1, 0.15) is 18.1 Å². The molecule has 0 saturated heterocycles. The summed E-state index contributed by atoms with van der Waals surface area (Å²) in [6, 6.07) is 4.07. The Morgan fingerprint density at radius 2 is 1.47 bits per heavy atom. The zero-order valence-corrected chi connectivity index (χ0v) is 18.2. The molecular formula is C21H30N4O7. The van der Waals surface area contributed by atoms with E-state index in [0.29, 0.717) is 0 Å². The van der Waals surface area contributed by atoms with E-state index in [9.17, 15) is 24.0 Å². The van der Waals surface area contributed by atoms with Crippen molar-refractivity contribution in [3.63, 3.8) is 0 Å². The van der Waals surface area contributed by atoms with Crippen LogP contribution < -0.4 is 21.7 Å². The van der Waals surface area contributed by atoms with Gasteiger partial charge in [-0.05, 0) is 18.4 Å². The second-order valence-electron chi connectivity index (χ2n) is 7.75.